The molecule has 0 aromatic carbocycles. The highest BCUT2D eigenvalue weighted by atomic mass is 16.5. The minimum Gasteiger partial charge on any atom is -0.390 e. The lowest BCUT2D eigenvalue weighted by Crippen LogP contribution is -2.40. The molecule has 1 aliphatic rings. The van der Waals surface area contributed by atoms with Gasteiger partial charge in [0.05, 0.1) is 12.2 Å². The van der Waals surface area contributed by atoms with Crippen molar-refractivity contribution in [1.29, 1.82) is 0 Å². The first-order chi connectivity index (χ1) is 8.17. The number of rotatable bonds is 8. The van der Waals surface area contributed by atoms with E-state index in [0.29, 0.717) is 18.6 Å². The highest BCUT2D eigenvalue weighted by molar-refractivity contribution is 4.75. The van der Waals surface area contributed by atoms with E-state index in [1.54, 1.807) is 0 Å². The fourth-order valence-corrected chi connectivity index (χ4v) is 2.32. The molecule has 0 aromatic rings. The number of aliphatic hydroxyl groups excluding tert-OH is 1. The molecule has 102 valence electrons. The number of ether oxygens (including phenoxy) is 1. The van der Waals surface area contributed by atoms with E-state index in [1.807, 2.05) is 0 Å². The van der Waals surface area contributed by atoms with Gasteiger partial charge in [-0.05, 0) is 32.4 Å². The molecule has 1 rings (SSSR count). The molecule has 0 radical (unpaired) electrons. The van der Waals surface area contributed by atoms with E-state index >= 15 is 0 Å². The SMILES string of the molecule is CCN(CC)CC(O)CNCC1CCOC1C. The smallest absolute Gasteiger partial charge is 0.0791 e. The molecule has 0 bridgehead atoms. The zero-order chi connectivity index (χ0) is 12.7. The summed E-state index contributed by atoms with van der Waals surface area (Å²) >= 11 is 0. The molecule has 1 saturated heterocycles. The van der Waals surface area contributed by atoms with Crippen LogP contribution in [-0.4, -0.2) is 61.5 Å². The number of hydrogen-bond acceptors (Lipinski definition) is 4. The number of aliphatic hydroxyl groups is 1. The van der Waals surface area contributed by atoms with Crippen molar-refractivity contribution in [3.05, 3.63) is 0 Å². The highest BCUT2D eigenvalue weighted by Gasteiger charge is 2.23. The molecule has 1 heterocycles. The van der Waals surface area contributed by atoms with Crippen LogP contribution >= 0.6 is 0 Å². The monoisotopic (exact) mass is 244 g/mol. The molecule has 0 aromatic heterocycles. The van der Waals surface area contributed by atoms with E-state index in [2.05, 4.69) is 31.0 Å². The Labute approximate surface area is 105 Å². The van der Waals surface area contributed by atoms with Gasteiger partial charge in [-0.2, -0.15) is 0 Å². The number of nitrogens with one attached hydrogen (secondary N) is 1. The van der Waals surface area contributed by atoms with Gasteiger partial charge in [0.2, 0.25) is 0 Å². The molecule has 2 N–H and O–H groups in total. The van der Waals surface area contributed by atoms with Crippen molar-refractivity contribution < 1.29 is 9.84 Å². The molecule has 0 saturated carbocycles. The van der Waals surface area contributed by atoms with Crippen LogP contribution in [0.15, 0.2) is 0 Å². The van der Waals surface area contributed by atoms with E-state index in [9.17, 15) is 5.11 Å². The lowest BCUT2D eigenvalue weighted by atomic mass is 10.0. The van der Waals surface area contributed by atoms with Gasteiger partial charge in [-0.1, -0.05) is 13.8 Å². The van der Waals surface area contributed by atoms with Gasteiger partial charge in [0, 0.05) is 26.2 Å². The molecule has 0 amide bonds. The van der Waals surface area contributed by atoms with E-state index in [0.717, 1.165) is 39.2 Å². The maximum Gasteiger partial charge on any atom is 0.0791 e. The van der Waals surface area contributed by atoms with Crippen molar-refractivity contribution >= 4 is 0 Å². The Balaban J connectivity index is 2.09. The van der Waals surface area contributed by atoms with Gasteiger partial charge in [0.25, 0.3) is 0 Å². The molecular weight excluding hydrogens is 216 g/mol. The second-order valence-electron chi connectivity index (χ2n) is 4.92. The fourth-order valence-electron chi connectivity index (χ4n) is 2.32. The summed E-state index contributed by atoms with van der Waals surface area (Å²) in [6, 6.07) is 0. The largest absolute Gasteiger partial charge is 0.390 e. The predicted molar refractivity (Wildman–Crippen MR) is 70.2 cm³/mol. The molecule has 4 heteroatoms. The van der Waals surface area contributed by atoms with E-state index < -0.39 is 0 Å². The minimum absolute atomic E-state index is 0.271. The van der Waals surface area contributed by atoms with Gasteiger partial charge in [0.1, 0.15) is 0 Å². The van der Waals surface area contributed by atoms with Crippen LogP contribution in [0.25, 0.3) is 0 Å². The summed E-state index contributed by atoms with van der Waals surface area (Å²) in [6.07, 6.45) is 1.23. The number of nitrogens with zero attached hydrogens (tertiary/aromatic N) is 1. The molecule has 4 nitrogen and oxygen atoms in total. The Morgan fingerprint density at radius 2 is 2.12 bits per heavy atom. The molecule has 17 heavy (non-hydrogen) atoms. The van der Waals surface area contributed by atoms with Crippen LogP contribution in [-0.2, 0) is 4.74 Å². The molecule has 0 aliphatic carbocycles. The van der Waals surface area contributed by atoms with Crippen LogP contribution in [0, 0.1) is 5.92 Å². The van der Waals surface area contributed by atoms with Crippen molar-refractivity contribution in [2.75, 3.05) is 39.3 Å². The average Bonchev–Trinajstić information content (AvgIpc) is 2.72. The normalized spacial score (nSPS) is 26.6. The predicted octanol–water partition coefficient (Wildman–Crippen LogP) is 0.704. The minimum atomic E-state index is -0.271. The van der Waals surface area contributed by atoms with Gasteiger partial charge in [-0.25, -0.2) is 0 Å². The molecule has 3 unspecified atom stereocenters. The molecule has 1 aliphatic heterocycles. The maximum absolute atomic E-state index is 9.89. The summed E-state index contributed by atoms with van der Waals surface area (Å²) in [5.74, 6) is 0.607. The van der Waals surface area contributed by atoms with E-state index in [4.69, 9.17) is 4.74 Å². The Hall–Kier alpha value is -0.160. The fraction of sp³-hybridized carbons (Fsp3) is 1.00. The summed E-state index contributed by atoms with van der Waals surface area (Å²) < 4.78 is 5.51. The third-order valence-corrected chi connectivity index (χ3v) is 3.68. The summed E-state index contributed by atoms with van der Waals surface area (Å²) in [7, 11) is 0. The van der Waals surface area contributed by atoms with Crippen molar-refractivity contribution in [2.24, 2.45) is 5.92 Å². The molecule has 0 spiro atoms. The molecule has 3 atom stereocenters. The first-order valence-electron chi connectivity index (χ1n) is 6.90. The topological polar surface area (TPSA) is 44.7 Å². The maximum atomic E-state index is 9.89. The van der Waals surface area contributed by atoms with Gasteiger partial charge >= 0.3 is 0 Å². The Morgan fingerprint density at radius 1 is 1.41 bits per heavy atom. The third-order valence-electron chi connectivity index (χ3n) is 3.68. The summed E-state index contributed by atoms with van der Waals surface area (Å²) in [6.45, 7) is 11.7. The highest BCUT2D eigenvalue weighted by Crippen LogP contribution is 2.19. The molecule has 1 fully saturated rings. The average molecular weight is 244 g/mol. The summed E-state index contributed by atoms with van der Waals surface area (Å²) in [4.78, 5) is 2.24. The summed E-state index contributed by atoms with van der Waals surface area (Å²) in [5.41, 5.74) is 0. The van der Waals surface area contributed by atoms with Crippen LogP contribution < -0.4 is 5.32 Å². The zero-order valence-electron chi connectivity index (χ0n) is 11.5. The lowest BCUT2D eigenvalue weighted by molar-refractivity contribution is 0.0985. The lowest BCUT2D eigenvalue weighted by Gasteiger charge is -2.23. The third kappa shape index (κ3) is 5.34. The molecular formula is C13H28N2O2. The van der Waals surface area contributed by atoms with Crippen molar-refractivity contribution in [2.45, 2.75) is 39.4 Å². The van der Waals surface area contributed by atoms with Gasteiger partial charge in [0.15, 0.2) is 0 Å². The Bertz CT molecular complexity index is 198. The number of hydrogen-bond donors (Lipinski definition) is 2. The second-order valence-corrected chi connectivity index (χ2v) is 4.92. The summed E-state index contributed by atoms with van der Waals surface area (Å²) in [5, 5.41) is 13.2. The van der Waals surface area contributed by atoms with Crippen LogP contribution in [0.1, 0.15) is 27.2 Å². The van der Waals surface area contributed by atoms with E-state index in [-0.39, 0.29) is 6.10 Å². The number of likely N-dealkylation sites (N-methyl/N-ethyl adjacent to an activating group) is 1. The Kier molecular flexibility index (Phi) is 7.04. The van der Waals surface area contributed by atoms with Crippen LogP contribution in [0.5, 0.6) is 0 Å². The zero-order valence-corrected chi connectivity index (χ0v) is 11.5. The second kappa shape index (κ2) is 8.03. The van der Waals surface area contributed by atoms with Crippen molar-refractivity contribution in [3.63, 3.8) is 0 Å². The Morgan fingerprint density at radius 3 is 2.65 bits per heavy atom. The van der Waals surface area contributed by atoms with Crippen LogP contribution in [0.4, 0.5) is 0 Å². The van der Waals surface area contributed by atoms with Gasteiger partial charge < -0.3 is 20.1 Å². The first kappa shape index (κ1) is 14.9. The van der Waals surface area contributed by atoms with Gasteiger partial charge in [-0.3, -0.25) is 0 Å². The van der Waals surface area contributed by atoms with Crippen LogP contribution in [0.2, 0.25) is 0 Å². The quantitative estimate of drug-likeness (QED) is 0.660. The standard InChI is InChI=1S/C13H28N2O2/c1-4-15(5-2)10-13(16)9-14-8-12-6-7-17-11(12)3/h11-14,16H,4-10H2,1-3H3. The van der Waals surface area contributed by atoms with Gasteiger partial charge in [-0.15, -0.1) is 0 Å². The van der Waals surface area contributed by atoms with E-state index in [1.165, 1.54) is 0 Å². The first-order valence-corrected chi connectivity index (χ1v) is 6.90. The van der Waals surface area contributed by atoms with Crippen LogP contribution in [0.3, 0.4) is 0 Å². The van der Waals surface area contributed by atoms with Crippen molar-refractivity contribution in [1.82, 2.24) is 10.2 Å². The van der Waals surface area contributed by atoms with Crippen molar-refractivity contribution in [3.8, 4) is 0 Å².